The molecule has 50 heavy (non-hydrogen) atoms. The van der Waals surface area contributed by atoms with Gasteiger partial charge < -0.3 is 0 Å². The van der Waals surface area contributed by atoms with Crippen molar-refractivity contribution >= 4 is 54.1 Å². The summed E-state index contributed by atoms with van der Waals surface area (Å²) >= 11 is 0. The van der Waals surface area contributed by atoms with Gasteiger partial charge in [-0.2, -0.15) is 0 Å². The molecular formula is C48H30N2. The lowest BCUT2D eigenvalue weighted by Crippen LogP contribution is -1.92. The van der Waals surface area contributed by atoms with Gasteiger partial charge in [0.1, 0.15) is 0 Å². The van der Waals surface area contributed by atoms with E-state index in [0.29, 0.717) is 0 Å². The minimum absolute atomic E-state index is 0.739. The molecule has 0 aliphatic rings. The van der Waals surface area contributed by atoms with E-state index in [-0.39, 0.29) is 0 Å². The molecule has 0 bridgehead atoms. The minimum Gasteiger partial charge on any atom is -0.228 e. The first-order valence-corrected chi connectivity index (χ1v) is 17.1. The molecule has 8 aromatic carbocycles. The van der Waals surface area contributed by atoms with Gasteiger partial charge in [-0.15, -0.1) is 0 Å². The van der Waals surface area contributed by atoms with Crippen molar-refractivity contribution in [1.29, 1.82) is 0 Å². The molecule has 0 unspecified atom stereocenters. The second-order valence-corrected chi connectivity index (χ2v) is 13.0. The Morgan fingerprint density at radius 1 is 0.260 bits per heavy atom. The summed E-state index contributed by atoms with van der Waals surface area (Å²) in [5, 5.41) is 11.1. The number of hydrogen-bond acceptors (Lipinski definition) is 2. The summed E-state index contributed by atoms with van der Waals surface area (Å²) in [6.07, 6.45) is 0. The van der Waals surface area contributed by atoms with Crippen molar-refractivity contribution in [3.8, 4) is 44.8 Å². The molecule has 0 amide bonds. The smallest absolute Gasteiger partial charge is 0.160 e. The highest BCUT2D eigenvalue weighted by Crippen LogP contribution is 2.38. The van der Waals surface area contributed by atoms with Crippen molar-refractivity contribution in [3.05, 3.63) is 182 Å². The van der Waals surface area contributed by atoms with Crippen LogP contribution < -0.4 is 0 Å². The predicted molar refractivity (Wildman–Crippen MR) is 211 cm³/mol. The number of fused-ring (bicyclic) bond motifs is 7. The SMILES string of the molecule is c1cc(-c2ccc3ccc(-c4cccc(-c5cc6ccccc6c6ccccc56)c4)nc3n2)cc(-c2cc3ccccc3c3ccccc23)c1. The molecule has 0 N–H and O–H groups in total. The van der Waals surface area contributed by atoms with Crippen LogP contribution in [-0.4, -0.2) is 9.97 Å². The fraction of sp³-hybridized carbons (Fsp3) is 0. The zero-order valence-electron chi connectivity index (χ0n) is 27.2. The summed E-state index contributed by atoms with van der Waals surface area (Å²) in [6.45, 7) is 0. The third-order valence-electron chi connectivity index (χ3n) is 10.0. The Morgan fingerprint density at radius 3 is 1.14 bits per heavy atom. The Morgan fingerprint density at radius 2 is 0.660 bits per heavy atom. The molecule has 232 valence electrons. The summed E-state index contributed by atoms with van der Waals surface area (Å²) < 4.78 is 0. The number of hydrogen-bond donors (Lipinski definition) is 0. The summed E-state index contributed by atoms with van der Waals surface area (Å²) in [5.41, 5.74) is 9.48. The van der Waals surface area contributed by atoms with Crippen LogP contribution in [-0.2, 0) is 0 Å². The Labute approximate surface area is 290 Å². The number of nitrogens with zero attached hydrogens (tertiary/aromatic N) is 2. The third-order valence-corrected chi connectivity index (χ3v) is 10.0. The van der Waals surface area contributed by atoms with Gasteiger partial charge in [0, 0.05) is 16.5 Å². The van der Waals surface area contributed by atoms with E-state index < -0.39 is 0 Å². The third kappa shape index (κ3) is 4.73. The zero-order chi connectivity index (χ0) is 33.0. The zero-order valence-corrected chi connectivity index (χ0v) is 27.2. The van der Waals surface area contributed by atoms with Gasteiger partial charge in [0.25, 0.3) is 0 Å². The second kappa shape index (κ2) is 11.5. The topological polar surface area (TPSA) is 25.8 Å². The van der Waals surface area contributed by atoms with Crippen LogP contribution in [0.15, 0.2) is 182 Å². The van der Waals surface area contributed by atoms with E-state index in [1.807, 2.05) is 0 Å². The maximum absolute atomic E-state index is 5.12. The van der Waals surface area contributed by atoms with Gasteiger partial charge in [-0.1, -0.05) is 133 Å². The number of benzene rings is 8. The lowest BCUT2D eigenvalue weighted by atomic mass is 9.92. The van der Waals surface area contributed by atoms with E-state index >= 15 is 0 Å². The van der Waals surface area contributed by atoms with Gasteiger partial charge in [0.05, 0.1) is 11.4 Å². The molecule has 0 atom stereocenters. The molecule has 0 fully saturated rings. The van der Waals surface area contributed by atoms with E-state index in [9.17, 15) is 0 Å². The Hall–Kier alpha value is -6.64. The average molecular weight is 635 g/mol. The maximum atomic E-state index is 5.12. The Kier molecular flexibility index (Phi) is 6.53. The van der Waals surface area contributed by atoms with Crippen LogP contribution in [0, 0.1) is 0 Å². The molecule has 10 aromatic rings. The highest BCUT2D eigenvalue weighted by atomic mass is 14.9. The lowest BCUT2D eigenvalue weighted by molar-refractivity contribution is 1.29. The number of aromatic nitrogens is 2. The normalized spacial score (nSPS) is 11.6. The van der Waals surface area contributed by atoms with Crippen LogP contribution in [0.25, 0.3) is 98.9 Å². The van der Waals surface area contributed by atoms with Crippen molar-refractivity contribution in [3.63, 3.8) is 0 Å². The van der Waals surface area contributed by atoms with Gasteiger partial charge in [0.15, 0.2) is 5.65 Å². The summed E-state index contributed by atoms with van der Waals surface area (Å²) in [4.78, 5) is 10.2. The highest BCUT2D eigenvalue weighted by molar-refractivity contribution is 6.15. The van der Waals surface area contributed by atoms with E-state index in [4.69, 9.17) is 9.97 Å². The van der Waals surface area contributed by atoms with Crippen LogP contribution in [0.3, 0.4) is 0 Å². The first-order valence-electron chi connectivity index (χ1n) is 17.1. The van der Waals surface area contributed by atoms with Gasteiger partial charge in [-0.3, -0.25) is 0 Å². The molecule has 10 rings (SSSR count). The molecule has 0 saturated carbocycles. The molecule has 2 heterocycles. The summed E-state index contributed by atoms with van der Waals surface area (Å²) in [6, 6.07) is 65.2. The molecule has 0 spiro atoms. The highest BCUT2D eigenvalue weighted by Gasteiger charge is 2.13. The number of rotatable bonds is 4. The second-order valence-electron chi connectivity index (χ2n) is 13.0. The summed E-state index contributed by atoms with van der Waals surface area (Å²) in [7, 11) is 0. The molecular weight excluding hydrogens is 605 g/mol. The Balaban J connectivity index is 1.05. The van der Waals surface area contributed by atoms with Crippen LogP contribution in [0.1, 0.15) is 0 Å². The lowest BCUT2D eigenvalue weighted by Gasteiger charge is -2.13. The molecule has 2 heteroatoms. The van der Waals surface area contributed by atoms with E-state index in [1.165, 1.54) is 65.3 Å². The fourth-order valence-corrected chi connectivity index (χ4v) is 7.60. The van der Waals surface area contributed by atoms with Gasteiger partial charge in [-0.25, -0.2) is 9.97 Å². The Bertz CT molecular complexity index is 2740. The van der Waals surface area contributed by atoms with Crippen molar-refractivity contribution in [1.82, 2.24) is 9.97 Å². The fourth-order valence-electron chi connectivity index (χ4n) is 7.60. The first kappa shape index (κ1) is 28.4. The van der Waals surface area contributed by atoms with E-state index in [2.05, 4.69) is 182 Å². The van der Waals surface area contributed by atoms with Crippen molar-refractivity contribution in [2.75, 3.05) is 0 Å². The quantitative estimate of drug-likeness (QED) is 0.180. The van der Waals surface area contributed by atoms with E-state index in [0.717, 1.165) is 33.5 Å². The minimum atomic E-state index is 0.739. The molecule has 0 saturated heterocycles. The predicted octanol–water partition coefficient (Wildman–Crippen LogP) is 12.9. The standard InChI is InChI=1S/C48H30N2/c1-3-17-38-34(11-1)29-44(42-21-7-5-19-40(38)42)32-13-9-15-36(27-32)46-25-23-31-24-26-47(50-48(31)49-46)37-16-10-14-33(28-37)45-30-35-12-2-4-18-39(35)41-20-6-8-22-43(41)45/h1-30H. The average Bonchev–Trinajstić information content (AvgIpc) is 3.20. The van der Waals surface area contributed by atoms with Gasteiger partial charge in [-0.05, 0) is 114 Å². The monoisotopic (exact) mass is 634 g/mol. The first-order chi connectivity index (χ1) is 24.8. The van der Waals surface area contributed by atoms with Crippen LogP contribution >= 0.6 is 0 Å². The van der Waals surface area contributed by atoms with E-state index in [1.54, 1.807) is 0 Å². The summed E-state index contributed by atoms with van der Waals surface area (Å²) in [5.74, 6) is 0. The van der Waals surface area contributed by atoms with Crippen molar-refractivity contribution in [2.24, 2.45) is 0 Å². The van der Waals surface area contributed by atoms with Crippen molar-refractivity contribution in [2.45, 2.75) is 0 Å². The molecule has 0 aliphatic heterocycles. The molecule has 0 aliphatic carbocycles. The number of pyridine rings is 2. The molecule has 0 radical (unpaired) electrons. The van der Waals surface area contributed by atoms with Crippen molar-refractivity contribution < 1.29 is 0 Å². The molecule has 2 nitrogen and oxygen atoms in total. The maximum Gasteiger partial charge on any atom is 0.160 e. The van der Waals surface area contributed by atoms with Gasteiger partial charge >= 0.3 is 0 Å². The largest absolute Gasteiger partial charge is 0.228 e. The van der Waals surface area contributed by atoms with Gasteiger partial charge in [0.2, 0.25) is 0 Å². The van der Waals surface area contributed by atoms with Crippen LogP contribution in [0.5, 0.6) is 0 Å². The molecule has 2 aromatic heterocycles. The van der Waals surface area contributed by atoms with Crippen LogP contribution in [0.2, 0.25) is 0 Å². The van der Waals surface area contributed by atoms with Crippen LogP contribution in [0.4, 0.5) is 0 Å².